The van der Waals surface area contributed by atoms with E-state index in [0.717, 1.165) is 33.6 Å². The van der Waals surface area contributed by atoms with Crippen molar-refractivity contribution in [3.63, 3.8) is 0 Å². The summed E-state index contributed by atoms with van der Waals surface area (Å²) >= 11 is 6.24. The summed E-state index contributed by atoms with van der Waals surface area (Å²) in [6.45, 7) is 6.66. The lowest BCUT2D eigenvalue weighted by Crippen LogP contribution is -2.10. The highest BCUT2D eigenvalue weighted by atomic mass is 35.5. The van der Waals surface area contributed by atoms with E-state index in [9.17, 15) is 0 Å². The molecule has 0 radical (unpaired) electrons. The van der Waals surface area contributed by atoms with Crippen LogP contribution in [0.3, 0.4) is 0 Å². The molecule has 108 valence electrons. The van der Waals surface area contributed by atoms with E-state index in [-0.39, 0.29) is 0 Å². The van der Waals surface area contributed by atoms with E-state index >= 15 is 0 Å². The summed E-state index contributed by atoms with van der Waals surface area (Å²) in [7, 11) is 0. The Balaban J connectivity index is 1.77. The number of aromatic amines is 1. The Morgan fingerprint density at radius 3 is 3.00 bits per heavy atom. The largest absolute Gasteiger partial charge is 0.442 e. The molecule has 2 heterocycles. The van der Waals surface area contributed by atoms with Crippen molar-refractivity contribution < 1.29 is 4.42 Å². The Bertz CT molecular complexity index is 774. The van der Waals surface area contributed by atoms with Gasteiger partial charge in [-0.3, -0.25) is 0 Å². The zero-order valence-electron chi connectivity index (χ0n) is 11.7. The zero-order chi connectivity index (χ0) is 14.8. The van der Waals surface area contributed by atoms with Gasteiger partial charge in [0, 0.05) is 21.6 Å². The van der Waals surface area contributed by atoms with E-state index in [2.05, 4.69) is 40.9 Å². The van der Waals surface area contributed by atoms with Crippen LogP contribution in [0.5, 0.6) is 0 Å². The van der Waals surface area contributed by atoms with Crippen molar-refractivity contribution >= 4 is 28.2 Å². The summed E-state index contributed by atoms with van der Waals surface area (Å²) in [5.74, 6) is 0.641. The van der Waals surface area contributed by atoms with E-state index in [1.165, 1.54) is 6.39 Å². The lowest BCUT2D eigenvalue weighted by atomic mass is 10.1. The lowest BCUT2D eigenvalue weighted by molar-refractivity contribution is 0.539. The van der Waals surface area contributed by atoms with Crippen molar-refractivity contribution in [3.05, 3.63) is 59.4 Å². The summed E-state index contributed by atoms with van der Waals surface area (Å²) in [4.78, 5) is 7.26. The van der Waals surface area contributed by atoms with E-state index in [0.29, 0.717) is 18.0 Å². The number of aryl methyl sites for hydroxylation is 1. The number of rotatable bonds is 5. The molecule has 3 aromatic rings. The Hall–Kier alpha value is -2.20. The SMILES string of the molecule is C=C(NCc1cc2cc(Cl)c(CC)cc2[nH]1)c1cnco1. The molecule has 4 nitrogen and oxygen atoms in total. The van der Waals surface area contributed by atoms with Crippen LogP contribution in [0.25, 0.3) is 16.6 Å². The fraction of sp³-hybridized carbons (Fsp3) is 0.188. The first-order valence-electron chi connectivity index (χ1n) is 6.79. The highest BCUT2D eigenvalue weighted by molar-refractivity contribution is 6.32. The summed E-state index contributed by atoms with van der Waals surface area (Å²) < 4.78 is 5.19. The predicted octanol–water partition coefficient (Wildman–Crippen LogP) is 4.13. The molecule has 0 saturated carbocycles. The smallest absolute Gasteiger partial charge is 0.181 e. The minimum atomic E-state index is 0.632. The van der Waals surface area contributed by atoms with Gasteiger partial charge in [-0.15, -0.1) is 0 Å². The van der Waals surface area contributed by atoms with Crippen molar-refractivity contribution in [2.45, 2.75) is 19.9 Å². The molecule has 0 fully saturated rings. The molecule has 2 N–H and O–H groups in total. The number of oxazole rings is 1. The van der Waals surface area contributed by atoms with Gasteiger partial charge in [0.1, 0.15) is 0 Å². The van der Waals surface area contributed by atoms with Crippen molar-refractivity contribution in [1.82, 2.24) is 15.3 Å². The zero-order valence-corrected chi connectivity index (χ0v) is 12.5. The fourth-order valence-corrected chi connectivity index (χ4v) is 2.58. The number of benzene rings is 1. The van der Waals surface area contributed by atoms with Crippen LogP contribution in [-0.2, 0) is 13.0 Å². The highest BCUT2D eigenvalue weighted by Gasteiger charge is 2.07. The van der Waals surface area contributed by atoms with Gasteiger partial charge in [0.25, 0.3) is 0 Å². The first kappa shape index (κ1) is 13.8. The predicted molar refractivity (Wildman–Crippen MR) is 85.1 cm³/mol. The van der Waals surface area contributed by atoms with Gasteiger partial charge in [-0.25, -0.2) is 4.98 Å². The average molecular weight is 302 g/mol. The molecule has 0 unspecified atom stereocenters. The van der Waals surface area contributed by atoms with Crippen LogP contribution >= 0.6 is 11.6 Å². The molecule has 0 amide bonds. The van der Waals surface area contributed by atoms with E-state index in [1.54, 1.807) is 6.20 Å². The number of halogens is 1. The number of fused-ring (bicyclic) bond motifs is 1. The van der Waals surface area contributed by atoms with Gasteiger partial charge in [0.15, 0.2) is 12.2 Å². The molecule has 1 aromatic carbocycles. The van der Waals surface area contributed by atoms with Crippen LogP contribution in [-0.4, -0.2) is 9.97 Å². The van der Waals surface area contributed by atoms with Crippen molar-refractivity contribution in [2.75, 3.05) is 0 Å². The summed E-state index contributed by atoms with van der Waals surface area (Å²) in [6, 6.07) is 6.19. The minimum absolute atomic E-state index is 0.632. The minimum Gasteiger partial charge on any atom is -0.442 e. The Kier molecular flexibility index (Phi) is 3.71. The van der Waals surface area contributed by atoms with Crippen molar-refractivity contribution in [2.24, 2.45) is 0 Å². The Morgan fingerprint density at radius 2 is 2.29 bits per heavy atom. The molecule has 0 aliphatic heterocycles. The first-order chi connectivity index (χ1) is 10.2. The number of nitrogens with one attached hydrogen (secondary N) is 2. The Morgan fingerprint density at radius 1 is 1.43 bits per heavy atom. The maximum absolute atomic E-state index is 6.24. The molecular formula is C16H16ClN3O. The third-order valence-electron chi connectivity index (χ3n) is 3.45. The molecule has 3 rings (SSSR count). The highest BCUT2D eigenvalue weighted by Crippen LogP contribution is 2.25. The van der Waals surface area contributed by atoms with Gasteiger partial charge in [0.2, 0.25) is 0 Å². The van der Waals surface area contributed by atoms with Crippen LogP contribution < -0.4 is 5.32 Å². The number of nitrogens with zero attached hydrogens (tertiary/aromatic N) is 1. The van der Waals surface area contributed by atoms with Crippen molar-refractivity contribution in [3.8, 4) is 0 Å². The molecule has 5 heteroatoms. The number of aromatic nitrogens is 2. The van der Waals surface area contributed by atoms with Crippen LogP contribution in [0, 0.1) is 0 Å². The van der Waals surface area contributed by atoms with E-state index < -0.39 is 0 Å². The van der Waals surface area contributed by atoms with Crippen LogP contribution in [0.15, 0.2) is 41.8 Å². The molecule has 0 bridgehead atoms. The van der Waals surface area contributed by atoms with Crippen LogP contribution in [0.4, 0.5) is 0 Å². The van der Waals surface area contributed by atoms with Gasteiger partial charge in [-0.05, 0) is 30.2 Å². The molecule has 0 saturated heterocycles. The molecule has 0 aliphatic carbocycles. The number of hydrogen-bond acceptors (Lipinski definition) is 3. The van der Waals surface area contributed by atoms with Crippen LogP contribution in [0.1, 0.15) is 23.9 Å². The molecule has 21 heavy (non-hydrogen) atoms. The topological polar surface area (TPSA) is 53.9 Å². The second-order valence-electron chi connectivity index (χ2n) is 4.88. The summed E-state index contributed by atoms with van der Waals surface area (Å²) in [5, 5.41) is 5.14. The molecule has 2 aromatic heterocycles. The van der Waals surface area contributed by atoms with Gasteiger partial charge in [-0.1, -0.05) is 25.1 Å². The van der Waals surface area contributed by atoms with Gasteiger partial charge < -0.3 is 14.7 Å². The van der Waals surface area contributed by atoms with Gasteiger partial charge in [-0.2, -0.15) is 0 Å². The third kappa shape index (κ3) is 2.81. The monoisotopic (exact) mass is 301 g/mol. The molecule has 0 aliphatic rings. The van der Waals surface area contributed by atoms with E-state index in [1.807, 2.05) is 6.07 Å². The second-order valence-corrected chi connectivity index (χ2v) is 5.28. The maximum Gasteiger partial charge on any atom is 0.181 e. The summed E-state index contributed by atoms with van der Waals surface area (Å²) in [5.41, 5.74) is 4.02. The molecule has 0 atom stereocenters. The average Bonchev–Trinajstić information content (AvgIpc) is 3.12. The first-order valence-corrected chi connectivity index (χ1v) is 7.17. The summed E-state index contributed by atoms with van der Waals surface area (Å²) in [6.07, 6.45) is 3.94. The lowest BCUT2D eigenvalue weighted by Gasteiger charge is -2.04. The van der Waals surface area contributed by atoms with Crippen LogP contribution in [0.2, 0.25) is 5.02 Å². The fourth-order valence-electron chi connectivity index (χ4n) is 2.28. The molecule has 0 spiro atoms. The molecular weight excluding hydrogens is 286 g/mol. The number of H-pyrrole nitrogens is 1. The van der Waals surface area contributed by atoms with Gasteiger partial charge in [0.05, 0.1) is 18.4 Å². The second kappa shape index (κ2) is 5.66. The quantitative estimate of drug-likeness (QED) is 0.745. The standard InChI is InChI=1S/C16H16ClN3O/c1-3-11-6-15-12(5-14(11)17)4-13(20-15)7-19-10(2)16-8-18-9-21-16/h4-6,8-9,19-20H,2-3,7H2,1H3. The normalized spacial score (nSPS) is 11.0. The van der Waals surface area contributed by atoms with Crippen molar-refractivity contribution in [1.29, 1.82) is 0 Å². The van der Waals surface area contributed by atoms with E-state index in [4.69, 9.17) is 16.0 Å². The maximum atomic E-state index is 6.24. The van der Waals surface area contributed by atoms with Gasteiger partial charge >= 0.3 is 0 Å². The number of hydrogen-bond donors (Lipinski definition) is 2. The third-order valence-corrected chi connectivity index (χ3v) is 3.80. The Labute approximate surface area is 127 Å².